The van der Waals surface area contributed by atoms with E-state index in [1.807, 2.05) is 0 Å². The van der Waals surface area contributed by atoms with Crippen LogP contribution in [0.1, 0.15) is 33.6 Å². The van der Waals surface area contributed by atoms with Crippen molar-refractivity contribution in [1.29, 1.82) is 0 Å². The third-order valence-electron chi connectivity index (χ3n) is 5.49. The Labute approximate surface area is 157 Å². The molecule has 1 N–H and O–H groups in total. The zero-order valence-electron chi connectivity index (χ0n) is 15.9. The summed E-state index contributed by atoms with van der Waals surface area (Å²) < 4.78 is 7.39. The number of nitrogens with zero attached hydrogens (tertiary/aromatic N) is 1. The van der Waals surface area contributed by atoms with Crippen molar-refractivity contribution in [2.45, 2.75) is 57.8 Å². The maximum atomic E-state index is 6.25. The van der Waals surface area contributed by atoms with E-state index in [0.29, 0.717) is 11.1 Å². The second kappa shape index (κ2) is 8.34. The minimum Gasteiger partial charge on any atom is -0.416 e. The van der Waals surface area contributed by atoms with Crippen molar-refractivity contribution in [1.82, 2.24) is 5.32 Å². The predicted molar refractivity (Wildman–Crippen MR) is 111 cm³/mol. The third kappa shape index (κ3) is 5.58. The van der Waals surface area contributed by atoms with Gasteiger partial charge >= 0.3 is 0 Å². The molecule has 3 nitrogen and oxygen atoms in total. The summed E-state index contributed by atoms with van der Waals surface area (Å²) in [5, 5.41) is 3.98. The fourth-order valence-electron chi connectivity index (χ4n) is 2.78. The Morgan fingerprint density at radius 1 is 1.17 bits per heavy atom. The van der Waals surface area contributed by atoms with Gasteiger partial charge in [-0.25, -0.2) is 0 Å². The van der Waals surface area contributed by atoms with Crippen LogP contribution in [0, 0.1) is 0 Å². The average molecular weight is 413 g/mol. The standard InChI is InChI=1S/C19H33BrN2OSi/c1-19(2,3)24(4,5)23-15-12-21-17-10-13-22(14-11-17)18-8-6-16(20)7-9-18/h6-9,17,21H,10-15H2,1-5H3. The second-order valence-corrected chi connectivity index (χ2v) is 14.0. The lowest BCUT2D eigenvalue weighted by molar-refractivity contribution is 0.273. The van der Waals surface area contributed by atoms with Crippen LogP contribution in [0.5, 0.6) is 0 Å². The normalized spacial score (nSPS) is 17.3. The highest BCUT2D eigenvalue weighted by atomic mass is 79.9. The first-order valence-corrected chi connectivity index (χ1v) is 12.8. The highest BCUT2D eigenvalue weighted by Gasteiger charge is 2.36. The molecule has 24 heavy (non-hydrogen) atoms. The molecule has 136 valence electrons. The van der Waals surface area contributed by atoms with E-state index in [4.69, 9.17) is 4.43 Å². The molecule has 1 heterocycles. The molecule has 1 aromatic rings. The Bertz CT molecular complexity index is 505. The molecule has 0 unspecified atom stereocenters. The molecular formula is C19H33BrN2OSi. The van der Waals surface area contributed by atoms with Crippen molar-refractivity contribution >= 4 is 29.9 Å². The molecule has 0 amide bonds. The lowest BCUT2D eigenvalue weighted by Gasteiger charge is -2.37. The highest BCUT2D eigenvalue weighted by Crippen LogP contribution is 2.36. The SMILES string of the molecule is CC(C)(C)[Si](C)(C)OCCNC1CCN(c2ccc(Br)cc2)CC1. The quantitative estimate of drug-likeness (QED) is 0.523. The number of anilines is 1. The molecule has 0 bridgehead atoms. The van der Waals surface area contributed by atoms with Gasteiger partial charge in [-0.3, -0.25) is 0 Å². The molecule has 0 aliphatic carbocycles. The summed E-state index contributed by atoms with van der Waals surface area (Å²) in [4.78, 5) is 2.48. The van der Waals surface area contributed by atoms with Crippen LogP contribution < -0.4 is 10.2 Å². The van der Waals surface area contributed by atoms with Crippen molar-refractivity contribution in [3.63, 3.8) is 0 Å². The molecule has 0 radical (unpaired) electrons. The number of nitrogens with one attached hydrogen (secondary N) is 1. The lowest BCUT2D eigenvalue weighted by atomic mass is 10.0. The van der Waals surface area contributed by atoms with E-state index >= 15 is 0 Å². The number of hydrogen-bond donors (Lipinski definition) is 1. The van der Waals surface area contributed by atoms with Crippen molar-refractivity contribution in [2.24, 2.45) is 0 Å². The minimum atomic E-state index is -1.60. The van der Waals surface area contributed by atoms with Crippen molar-refractivity contribution in [2.75, 3.05) is 31.1 Å². The van der Waals surface area contributed by atoms with Gasteiger partial charge < -0.3 is 14.6 Å². The van der Waals surface area contributed by atoms with Gasteiger partial charge in [0.05, 0.1) is 0 Å². The Hall–Kier alpha value is -0.363. The zero-order valence-corrected chi connectivity index (χ0v) is 18.4. The molecule has 1 aliphatic heterocycles. The maximum absolute atomic E-state index is 6.25. The van der Waals surface area contributed by atoms with Crippen LogP contribution >= 0.6 is 15.9 Å². The van der Waals surface area contributed by atoms with Gasteiger partial charge in [0.25, 0.3) is 0 Å². The maximum Gasteiger partial charge on any atom is 0.192 e. The summed E-state index contributed by atoms with van der Waals surface area (Å²) in [5.41, 5.74) is 1.33. The monoisotopic (exact) mass is 412 g/mol. The van der Waals surface area contributed by atoms with Gasteiger partial charge in [0, 0.05) is 42.4 Å². The van der Waals surface area contributed by atoms with Gasteiger partial charge in [0.2, 0.25) is 0 Å². The van der Waals surface area contributed by atoms with E-state index < -0.39 is 8.32 Å². The van der Waals surface area contributed by atoms with Gasteiger partial charge in [-0.1, -0.05) is 36.7 Å². The van der Waals surface area contributed by atoms with Gasteiger partial charge in [0.15, 0.2) is 8.32 Å². The fraction of sp³-hybridized carbons (Fsp3) is 0.684. The van der Waals surface area contributed by atoms with Crippen LogP contribution in [-0.4, -0.2) is 40.6 Å². The topological polar surface area (TPSA) is 24.5 Å². The summed E-state index contributed by atoms with van der Waals surface area (Å²) in [6.07, 6.45) is 2.41. The summed E-state index contributed by atoms with van der Waals surface area (Å²) in [5.74, 6) is 0. The number of piperidine rings is 1. The molecule has 0 atom stereocenters. The number of benzene rings is 1. The first kappa shape index (κ1) is 20.0. The second-order valence-electron chi connectivity index (χ2n) is 8.30. The van der Waals surface area contributed by atoms with Crippen LogP contribution in [0.4, 0.5) is 5.69 Å². The third-order valence-corrected chi connectivity index (χ3v) is 10.6. The van der Waals surface area contributed by atoms with Crippen LogP contribution in [0.25, 0.3) is 0 Å². The number of hydrogen-bond acceptors (Lipinski definition) is 3. The molecule has 1 aromatic carbocycles. The van der Waals surface area contributed by atoms with E-state index in [9.17, 15) is 0 Å². The molecule has 1 aliphatic rings. The van der Waals surface area contributed by atoms with Crippen molar-refractivity contribution in [3.8, 4) is 0 Å². The Morgan fingerprint density at radius 3 is 2.29 bits per heavy atom. The molecule has 0 spiro atoms. The van der Waals surface area contributed by atoms with Gasteiger partial charge in [-0.2, -0.15) is 0 Å². The van der Waals surface area contributed by atoms with Crippen molar-refractivity contribution < 1.29 is 4.43 Å². The molecule has 5 heteroatoms. The zero-order chi connectivity index (χ0) is 17.8. The Balaban J connectivity index is 1.67. The first-order valence-electron chi connectivity index (χ1n) is 9.07. The summed E-state index contributed by atoms with van der Waals surface area (Å²) in [6, 6.07) is 9.27. The predicted octanol–water partition coefficient (Wildman–Crippen LogP) is 5.03. The van der Waals surface area contributed by atoms with Crippen molar-refractivity contribution in [3.05, 3.63) is 28.7 Å². The smallest absolute Gasteiger partial charge is 0.192 e. The molecule has 0 saturated carbocycles. The first-order chi connectivity index (χ1) is 11.2. The molecule has 0 aromatic heterocycles. The Kier molecular flexibility index (Phi) is 6.94. The summed E-state index contributed by atoms with van der Waals surface area (Å²) in [7, 11) is -1.60. The molecule has 1 saturated heterocycles. The van der Waals surface area contributed by atoms with Crippen LogP contribution in [-0.2, 0) is 4.43 Å². The van der Waals surface area contributed by atoms with E-state index in [0.717, 1.165) is 30.7 Å². The average Bonchev–Trinajstić information content (AvgIpc) is 2.52. The summed E-state index contributed by atoms with van der Waals surface area (Å²) in [6.45, 7) is 15.6. The molecule has 2 rings (SSSR count). The number of rotatable bonds is 6. The molecular weight excluding hydrogens is 380 g/mol. The van der Waals surface area contributed by atoms with Crippen LogP contribution in [0.2, 0.25) is 18.1 Å². The van der Waals surface area contributed by atoms with E-state index in [2.05, 4.69) is 84.3 Å². The fourth-order valence-corrected chi connectivity index (χ4v) is 4.09. The Morgan fingerprint density at radius 2 is 1.75 bits per heavy atom. The van der Waals surface area contributed by atoms with Gasteiger partial charge in [-0.15, -0.1) is 0 Å². The van der Waals surface area contributed by atoms with Crippen LogP contribution in [0.15, 0.2) is 28.7 Å². The van der Waals surface area contributed by atoms with E-state index in [-0.39, 0.29) is 0 Å². The van der Waals surface area contributed by atoms with E-state index in [1.165, 1.54) is 18.5 Å². The molecule has 1 fully saturated rings. The minimum absolute atomic E-state index is 0.295. The summed E-state index contributed by atoms with van der Waals surface area (Å²) >= 11 is 3.50. The van der Waals surface area contributed by atoms with Crippen LogP contribution in [0.3, 0.4) is 0 Å². The highest BCUT2D eigenvalue weighted by molar-refractivity contribution is 9.10. The van der Waals surface area contributed by atoms with E-state index in [1.54, 1.807) is 0 Å². The van der Waals surface area contributed by atoms with Gasteiger partial charge in [-0.05, 0) is 55.2 Å². The number of halogens is 1. The lowest BCUT2D eigenvalue weighted by Crippen LogP contribution is -2.45. The van der Waals surface area contributed by atoms with Gasteiger partial charge in [0.1, 0.15) is 0 Å². The largest absolute Gasteiger partial charge is 0.416 e.